The van der Waals surface area contributed by atoms with Crippen LogP contribution in [0.3, 0.4) is 0 Å². The van der Waals surface area contributed by atoms with Crippen molar-refractivity contribution in [1.29, 1.82) is 0 Å². The van der Waals surface area contributed by atoms with Crippen LogP contribution in [-0.4, -0.2) is 20.9 Å². The van der Waals surface area contributed by atoms with Gasteiger partial charge in [-0.05, 0) is 32.1 Å². The molecule has 1 aromatic heterocycles. The fourth-order valence-corrected chi connectivity index (χ4v) is 3.95. The lowest BCUT2D eigenvalue weighted by molar-refractivity contribution is 0.221. The third-order valence-electron chi connectivity index (χ3n) is 4.11. The lowest BCUT2D eigenvalue weighted by Crippen LogP contribution is -2.48. The normalized spacial score (nSPS) is 23.2. The van der Waals surface area contributed by atoms with Crippen molar-refractivity contribution in [2.45, 2.75) is 67.9 Å². The predicted molar refractivity (Wildman–Crippen MR) is 72.3 cm³/mol. The average molecular weight is 267 g/mol. The van der Waals surface area contributed by atoms with Gasteiger partial charge in [0.1, 0.15) is 0 Å². The van der Waals surface area contributed by atoms with Gasteiger partial charge < -0.3 is 10.3 Å². The van der Waals surface area contributed by atoms with E-state index < -0.39 is 0 Å². The third kappa shape index (κ3) is 2.88. The van der Waals surface area contributed by atoms with E-state index in [1.54, 1.807) is 0 Å². The highest BCUT2D eigenvalue weighted by Gasteiger charge is 2.34. The van der Waals surface area contributed by atoms with Crippen molar-refractivity contribution in [1.82, 2.24) is 10.1 Å². The summed E-state index contributed by atoms with van der Waals surface area (Å²) in [5.41, 5.74) is 6.12. The summed E-state index contributed by atoms with van der Waals surface area (Å²) in [5, 5.41) is 4.86. The molecule has 1 heterocycles. The molecule has 100 valence electrons. The zero-order valence-electron chi connectivity index (χ0n) is 10.7. The zero-order valence-corrected chi connectivity index (χ0v) is 11.5. The summed E-state index contributed by atoms with van der Waals surface area (Å²) in [6, 6.07) is 0. The first-order chi connectivity index (χ1) is 8.73. The molecule has 4 nitrogen and oxygen atoms in total. The maximum Gasteiger partial charge on any atom is 0.228 e. The molecule has 0 spiro atoms. The van der Waals surface area contributed by atoms with Gasteiger partial charge >= 0.3 is 0 Å². The van der Waals surface area contributed by atoms with Gasteiger partial charge in [0.2, 0.25) is 5.89 Å². The van der Waals surface area contributed by atoms with E-state index in [2.05, 4.69) is 10.1 Å². The van der Waals surface area contributed by atoms with Gasteiger partial charge in [-0.3, -0.25) is 0 Å². The maximum atomic E-state index is 6.18. The summed E-state index contributed by atoms with van der Waals surface area (Å²) < 4.78 is 5.30. The average Bonchev–Trinajstić information content (AvgIpc) is 2.95. The lowest BCUT2D eigenvalue weighted by Gasteiger charge is -2.36. The van der Waals surface area contributed by atoms with E-state index in [1.807, 2.05) is 11.8 Å². The molecule has 1 aromatic rings. The first kappa shape index (κ1) is 12.5. The van der Waals surface area contributed by atoms with Crippen molar-refractivity contribution >= 4 is 11.8 Å². The highest BCUT2D eigenvalue weighted by Crippen LogP contribution is 2.33. The Kier molecular flexibility index (Phi) is 3.61. The monoisotopic (exact) mass is 267 g/mol. The summed E-state index contributed by atoms with van der Waals surface area (Å²) in [7, 11) is 0. The van der Waals surface area contributed by atoms with Crippen LogP contribution in [0.1, 0.15) is 56.7 Å². The Balaban J connectivity index is 1.49. The molecule has 0 unspecified atom stereocenters. The van der Waals surface area contributed by atoms with E-state index in [-0.39, 0.29) is 5.54 Å². The fraction of sp³-hybridized carbons (Fsp3) is 0.846. The molecule has 3 rings (SSSR count). The second kappa shape index (κ2) is 5.21. The van der Waals surface area contributed by atoms with Crippen molar-refractivity contribution in [2.75, 3.05) is 0 Å². The van der Waals surface area contributed by atoms with Crippen LogP contribution in [-0.2, 0) is 12.2 Å². The van der Waals surface area contributed by atoms with Crippen molar-refractivity contribution in [3.05, 3.63) is 11.7 Å². The molecular weight excluding hydrogens is 246 g/mol. The molecule has 2 aliphatic carbocycles. The van der Waals surface area contributed by atoms with Crippen LogP contribution in [0.15, 0.2) is 4.52 Å². The summed E-state index contributed by atoms with van der Waals surface area (Å²) >= 11 is 1.97. The molecule has 2 saturated carbocycles. The molecule has 2 fully saturated rings. The largest absolute Gasteiger partial charge is 0.339 e. The second-order valence-electron chi connectivity index (χ2n) is 5.71. The van der Waals surface area contributed by atoms with Crippen molar-refractivity contribution < 1.29 is 4.52 Å². The van der Waals surface area contributed by atoms with Gasteiger partial charge in [-0.25, -0.2) is 0 Å². The topological polar surface area (TPSA) is 64.9 Å². The Bertz CT molecular complexity index is 397. The minimum absolute atomic E-state index is 0.0671. The Labute approximate surface area is 112 Å². The van der Waals surface area contributed by atoms with E-state index >= 15 is 0 Å². The number of rotatable bonds is 5. The van der Waals surface area contributed by atoms with Crippen molar-refractivity contribution in [2.24, 2.45) is 5.73 Å². The number of thioether (sulfide) groups is 1. The molecule has 0 aliphatic heterocycles. The quantitative estimate of drug-likeness (QED) is 0.888. The first-order valence-electron chi connectivity index (χ1n) is 6.95. The van der Waals surface area contributed by atoms with Crippen LogP contribution in [0, 0.1) is 0 Å². The molecule has 5 heteroatoms. The number of nitrogens with zero attached hydrogens (tertiary/aromatic N) is 2. The molecular formula is C13H21N3OS. The number of nitrogens with two attached hydrogens (primary N) is 1. The van der Waals surface area contributed by atoms with E-state index in [0.717, 1.165) is 42.0 Å². The minimum Gasteiger partial charge on any atom is -0.339 e. The number of aromatic nitrogens is 2. The van der Waals surface area contributed by atoms with Crippen LogP contribution in [0.4, 0.5) is 0 Å². The van der Waals surface area contributed by atoms with E-state index in [9.17, 15) is 0 Å². The van der Waals surface area contributed by atoms with E-state index in [4.69, 9.17) is 10.3 Å². The van der Waals surface area contributed by atoms with Gasteiger partial charge in [-0.1, -0.05) is 18.0 Å². The predicted octanol–water partition coefficient (Wildman–Crippen LogP) is 2.67. The van der Waals surface area contributed by atoms with Gasteiger partial charge in [-0.2, -0.15) is 16.7 Å². The van der Waals surface area contributed by atoms with Gasteiger partial charge in [0, 0.05) is 17.2 Å². The highest BCUT2D eigenvalue weighted by molar-refractivity contribution is 7.99. The summed E-state index contributed by atoms with van der Waals surface area (Å²) in [6.07, 6.45) is 9.60. The maximum absolute atomic E-state index is 6.18. The number of hydrogen-bond acceptors (Lipinski definition) is 5. The van der Waals surface area contributed by atoms with Gasteiger partial charge in [0.15, 0.2) is 5.82 Å². The van der Waals surface area contributed by atoms with Crippen molar-refractivity contribution in [3.8, 4) is 0 Å². The summed E-state index contributed by atoms with van der Waals surface area (Å²) in [4.78, 5) is 4.46. The molecule has 2 N–H and O–H groups in total. The third-order valence-corrected chi connectivity index (χ3v) is 5.48. The Hall–Kier alpha value is -0.550. The summed E-state index contributed by atoms with van der Waals surface area (Å²) in [5.74, 6) is 2.44. The fourth-order valence-electron chi connectivity index (χ4n) is 2.78. The minimum atomic E-state index is -0.0671. The molecule has 2 aliphatic rings. The van der Waals surface area contributed by atoms with Gasteiger partial charge in [0.05, 0.1) is 5.75 Å². The lowest BCUT2D eigenvalue weighted by atomic mass is 9.75. The Morgan fingerprint density at radius 3 is 2.72 bits per heavy atom. The summed E-state index contributed by atoms with van der Waals surface area (Å²) in [6.45, 7) is 0. The zero-order chi connectivity index (χ0) is 12.4. The van der Waals surface area contributed by atoms with Crippen LogP contribution in [0.2, 0.25) is 0 Å². The smallest absolute Gasteiger partial charge is 0.228 e. The highest BCUT2D eigenvalue weighted by atomic mass is 32.2. The van der Waals surface area contributed by atoms with Crippen molar-refractivity contribution in [3.63, 3.8) is 0 Å². The number of hydrogen-bond donors (Lipinski definition) is 1. The van der Waals surface area contributed by atoms with Crippen LogP contribution in [0.5, 0.6) is 0 Å². The van der Waals surface area contributed by atoms with Crippen LogP contribution >= 0.6 is 11.8 Å². The Morgan fingerprint density at radius 1 is 1.28 bits per heavy atom. The SMILES string of the molecule is NC1(Cc2nc(CSC3CCCC3)no2)CCC1. The van der Waals surface area contributed by atoms with Crippen LogP contribution in [0.25, 0.3) is 0 Å². The molecule has 0 amide bonds. The van der Waals surface area contributed by atoms with Gasteiger partial charge in [-0.15, -0.1) is 0 Å². The Morgan fingerprint density at radius 2 is 2.06 bits per heavy atom. The molecule has 18 heavy (non-hydrogen) atoms. The van der Waals surface area contributed by atoms with Gasteiger partial charge in [0.25, 0.3) is 0 Å². The molecule has 0 atom stereocenters. The first-order valence-corrected chi connectivity index (χ1v) is 8.00. The molecule has 0 radical (unpaired) electrons. The molecule has 0 saturated heterocycles. The van der Waals surface area contributed by atoms with Crippen LogP contribution < -0.4 is 5.73 Å². The molecule has 0 bridgehead atoms. The second-order valence-corrected chi connectivity index (χ2v) is 7.00. The van der Waals surface area contributed by atoms with E-state index in [1.165, 1.54) is 32.1 Å². The molecule has 0 aromatic carbocycles. The van der Waals surface area contributed by atoms with E-state index in [0.29, 0.717) is 0 Å². The standard InChI is InChI=1S/C13H21N3OS/c14-13(6-3-7-13)8-12-15-11(16-17-12)9-18-10-4-1-2-5-10/h10H,1-9,14H2.